The van der Waals surface area contributed by atoms with Crippen molar-refractivity contribution in [2.24, 2.45) is 0 Å². The first-order valence-electron chi connectivity index (χ1n) is 5.59. The number of hydrogen-bond donors (Lipinski definition) is 0. The maximum absolute atomic E-state index is 5.52. The van der Waals surface area contributed by atoms with Crippen LogP contribution in [0, 0.1) is 0 Å². The second-order valence-electron chi connectivity index (χ2n) is 4.20. The molecule has 0 bridgehead atoms. The highest BCUT2D eigenvalue weighted by Gasteiger charge is 2.35. The van der Waals surface area contributed by atoms with Crippen LogP contribution in [0.1, 0.15) is 25.3 Å². The van der Waals surface area contributed by atoms with Crippen molar-refractivity contribution in [2.45, 2.75) is 25.6 Å². The molecule has 0 radical (unpaired) electrons. The third kappa shape index (κ3) is 2.04. The summed E-state index contributed by atoms with van der Waals surface area (Å²) in [5, 5.41) is 0. The normalized spacial score (nSPS) is 15.1. The van der Waals surface area contributed by atoms with Crippen LogP contribution in [-0.2, 0) is 9.47 Å². The number of hydrogen-bond acceptors (Lipinski definition) is 2. The molecule has 0 heterocycles. The summed E-state index contributed by atoms with van der Waals surface area (Å²) in [6, 6.07) is 10.3. The van der Waals surface area contributed by atoms with Gasteiger partial charge in [-0.3, -0.25) is 0 Å². The Morgan fingerprint density at radius 1 is 1.06 bits per heavy atom. The van der Waals surface area contributed by atoms with Crippen LogP contribution in [0.4, 0.5) is 0 Å². The minimum absolute atomic E-state index is 0.632. The van der Waals surface area contributed by atoms with Crippen molar-refractivity contribution in [2.75, 3.05) is 14.2 Å². The van der Waals surface area contributed by atoms with Crippen molar-refractivity contribution in [1.29, 1.82) is 0 Å². The van der Waals surface area contributed by atoms with E-state index in [4.69, 9.17) is 9.47 Å². The van der Waals surface area contributed by atoms with Gasteiger partial charge in [-0.25, -0.2) is 0 Å². The quantitative estimate of drug-likeness (QED) is 0.722. The molecule has 2 heteroatoms. The zero-order chi connectivity index (χ0) is 11.6. The standard InChI is InChI=1S/C14H18O2/c1-14(15-2,16-3)13(12-9-10-12)11-7-5-4-6-8-11/h4-8H,9-10H2,1-3H3. The SMILES string of the molecule is COC(C)(OC)C(=C1CC1)c1ccccc1. The van der Waals surface area contributed by atoms with Crippen LogP contribution < -0.4 is 0 Å². The lowest BCUT2D eigenvalue weighted by Crippen LogP contribution is -2.31. The maximum Gasteiger partial charge on any atom is 0.191 e. The fraction of sp³-hybridized carbons (Fsp3) is 0.429. The topological polar surface area (TPSA) is 18.5 Å². The molecule has 0 aromatic heterocycles. The summed E-state index contributed by atoms with van der Waals surface area (Å²) >= 11 is 0. The first kappa shape index (κ1) is 11.4. The summed E-state index contributed by atoms with van der Waals surface area (Å²) in [4.78, 5) is 0. The molecule has 1 aliphatic rings. The molecule has 0 aliphatic heterocycles. The Labute approximate surface area is 96.9 Å². The number of methoxy groups -OCH3 is 2. The molecular weight excluding hydrogens is 200 g/mol. The second kappa shape index (κ2) is 4.40. The van der Waals surface area contributed by atoms with Crippen LogP contribution in [0.3, 0.4) is 0 Å². The zero-order valence-corrected chi connectivity index (χ0v) is 10.1. The van der Waals surface area contributed by atoms with Crippen LogP contribution in [0.15, 0.2) is 35.9 Å². The average molecular weight is 218 g/mol. The molecule has 1 aliphatic carbocycles. The van der Waals surface area contributed by atoms with Crippen molar-refractivity contribution >= 4 is 5.57 Å². The fourth-order valence-corrected chi connectivity index (χ4v) is 1.99. The Hall–Kier alpha value is -1.12. The zero-order valence-electron chi connectivity index (χ0n) is 10.1. The van der Waals surface area contributed by atoms with Gasteiger partial charge in [-0.2, -0.15) is 0 Å². The second-order valence-corrected chi connectivity index (χ2v) is 4.20. The van der Waals surface area contributed by atoms with E-state index < -0.39 is 5.79 Å². The molecule has 2 rings (SSSR count). The van der Waals surface area contributed by atoms with Gasteiger partial charge in [0.25, 0.3) is 0 Å². The van der Waals surface area contributed by atoms with E-state index in [0.29, 0.717) is 0 Å². The third-order valence-corrected chi connectivity index (χ3v) is 3.15. The summed E-state index contributed by atoms with van der Waals surface area (Å²) in [5.41, 5.74) is 3.83. The maximum atomic E-state index is 5.52. The van der Waals surface area contributed by atoms with Gasteiger partial charge >= 0.3 is 0 Å². The molecule has 0 unspecified atom stereocenters. The molecule has 1 fully saturated rings. The monoisotopic (exact) mass is 218 g/mol. The van der Waals surface area contributed by atoms with E-state index in [2.05, 4.69) is 12.1 Å². The Morgan fingerprint density at radius 3 is 2.06 bits per heavy atom. The van der Waals surface area contributed by atoms with Gasteiger partial charge in [0.1, 0.15) is 0 Å². The lowest BCUT2D eigenvalue weighted by atomic mass is 9.97. The van der Waals surface area contributed by atoms with Crippen molar-refractivity contribution in [1.82, 2.24) is 0 Å². The molecule has 2 nitrogen and oxygen atoms in total. The van der Waals surface area contributed by atoms with Gasteiger partial charge < -0.3 is 9.47 Å². The van der Waals surface area contributed by atoms with Crippen LogP contribution in [0.25, 0.3) is 5.57 Å². The summed E-state index contributed by atoms with van der Waals surface area (Å²) < 4.78 is 11.0. The fourth-order valence-electron chi connectivity index (χ4n) is 1.99. The van der Waals surface area contributed by atoms with E-state index in [1.807, 2.05) is 25.1 Å². The Kier molecular flexibility index (Phi) is 3.13. The summed E-state index contributed by atoms with van der Waals surface area (Å²) in [6.07, 6.45) is 2.32. The van der Waals surface area contributed by atoms with Crippen molar-refractivity contribution in [3.05, 3.63) is 41.5 Å². The smallest absolute Gasteiger partial charge is 0.191 e. The van der Waals surface area contributed by atoms with Gasteiger partial charge in [0.05, 0.1) is 0 Å². The van der Waals surface area contributed by atoms with Crippen LogP contribution in [0.2, 0.25) is 0 Å². The molecule has 0 amide bonds. The average Bonchev–Trinajstić information content (AvgIpc) is 3.15. The van der Waals surface area contributed by atoms with E-state index in [1.165, 1.54) is 16.7 Å². The third-order valence-electron chi connectivity index (χ3n) is 3.15. The van der Waals surface area contributed by atoms with E-state index in [9.17, 15) is 0 Å². The molecule has 86 valence electrons. The molecule has 0 saturated heterocycles. The molecule has 1 saturated carbocycles. The lowest BCUT2D eigenvalue weighted by molar-refractivity contribution is -0.147. The number of allylic oxidation sites excluding steroid dienone is 1. The lowest BCUT2D eigenvalue weighted by Gasteiger charge is -2.29. The van der Waals surface area contributed by atoms with E-state index in [0.717, 1.165) is 12.8 Å². The van der Waals surface area contributed by atoms with Gasteiger partial charge in [0, 0.05) is 19.8 Å². The number of benzene rings is 1. The van der Waals surface area contributed by atoms with E-state index in [-0.39, 0.29) is 0 Å². The highest BCUT2D eigenvalue weighted by atomic mass is 16.7. The predicted octanol–water partition coefficient (Wildman–Crippen LogP) is 3.24. The van der Waals surface area contributed by atoms with E-state index >= 15 is 0 Å². The minimum atomic E-state index is -0.632. The largest absolute Gasteiger partial charge is 0.349 e. The number of ether oxygens (including phenoxy) is 2. The molecule has 16 heavy (non-hydrogen) atoms. The van der Waals surface area contributed by atoms with Crippen molar-refractivity contribution in [3.8, 4) is 0 Å². The van der Waals surface area contributed by atoms with Crippen LogP contribution in [-0.4, -0.2) is 20.0 Å². The molecule has 1 aromatic rings. The highest BCUT2D eigenvalue weighted by Crippen LogP contribution is 2.43. The Morgan fingerprint density at radius 2 is 1.62 bits per heavy atom. The Bertz CT molecular complexity index is 382. The van der Waals surface area contributed by atoms with Crippen molar-refractivity contribution < 1.29 is 9.47 Å². The van der Waals surface area contributed by atoms with E-state index in [1.54, 1.807) is 14.2 Å². The molecule has 0 atom stereocenters. The summed E-state index contributed by atoms with van der Waals surface area (Å²) in [5.74, 6) is -0.632. The predicted molar refractivity (Wildman–Crippen MR) is 65.0 cm³/mol. The first-order chi connectivity index (χ1) is 7.71. The van der Waals surface area contributed by atoms with Crippen LogP contribution >= 0.6 is 0 Å². The van der Waals surface area contributed by atoms with Gasteiger partial charge in [0.15, 0.2) is 5.79 Å². The molecular formula is C14H18O2. The van der Waals surface area contributed by atoms with Gasteiger partial charge in [-0.1, -0.05) is 35.9 Å². The van der Waals surface area contributed by atoms with Gasteiger partial charge in [-0.15, -0.1) is 0 Å². The molecule has 1 aromatic carbocycles. The Balaban J connectivity index is 2.45. The first-order valence-corrected chi connectivity index (χ1v) is 5.59. The highest BCUT2D eigenvalue weighted by molar-refractivity contribution is 5.76. The number of rotatable bonds is 4. The van der Waals surface area contributed by atoms with Gasteiger partial charge in [0.2, 0.25) is 0 Å². The summed E-state index contributed by atoms with van der Waals surface area (Å²) in [7, 11) is 3.38. The molecule has 0 spiro atoms. The van der Waals surface area contributed by atoms with Gasteiger partial charge in [-0.05, 0) is 25.3 Å². The summed E-state index contributed by atoms with van der Waals surface area (Å²) in [6.45, 7) is 1.97. The van der Waals surface area contributed by atoms with Crippen molar-refractivity contribution in [3.63, 3.8) is 0 Å². The molecule has 0 N–H and O–H groups in total. The van der Waals surface area contributed by atoms with Crippen LogP contribution in [0.5, 0.6) is 0 Å². The minimum Gasteiger partial charge on any atom is -0.349 e.